The van der Waals surface area contributed by atoms with Crippen molar-refractivity contribution in [2.75, 3.05) is 0 Å². The average Bonchev–Trinajstić information content (AvgIpc) is 2.58. The Morgan fingerprint density at radius 2 is 1.68 bits per heavy atom. The molecule has 0 aliphatic heterocycles. The third-order valence-electron chi connectivity index (χ3n) is 3.95. The van der Waals surface area contributed by atoms with Crippen LogP contribution in [0.15, 0.2) is 90.1 Å². The Morgan fingerprint density at radius 3 is 2.68 bits per heavy atom. The van der Waals surface area contributed by atoms with E-state index in [2.05, 4.69) is 78.9 Å². The quantitative estimate of drug-likeness (QED) is 0.617. The standard InChI is InChI=1S/C19H14/c1-2-8-14-9-4-5-13-18-16-11-7-6-10-15(16)17(12-3-1)19(14)18/h1-13,18H. The van der Waals surface area contributed by atoms with E-state index in [1.165, 1.54) is 27.8 Å². The van der Waals surface area contributed by atoms with Crippen molar-refractivity contribution in [1.82, 2.24) is 0 Å². The molecule has 1 unspecified atom stereocenters. The van der Waals surface area contributed by atoms with Gasteiger partial charge in [0.2, 0.25) is 0 Å². The third kappa shape index (κ3) is 1.53. The van der Waals surface area contributed by atoms with Crippen molar-refractivity contribution in [2.45, 2.75) is 5.92 Å². The highest BCUT2D eigenvalue weighted by Gasteiger charge is 2.30. The highest BCUT2D eigenvalue weighted by molar-refractivity contribution is 5.89. The Morgan fingerprint density at radius 1 is 0.789 bits per heavy atom. The molecule has 0 saturated carbocycles. The zero-order valence-electron chi connectivity index (χ0n) is 10.6. The van der Waals surface area contributed by atoms with Gasteiger partial charge in [-0.25, -0.2) is 0 Å². The summed E-state index contributed by atoms with van der Waals surface area (Å²) < 4.78 is 0. The summed E-state index contributed by atoms with van der Waals surface area (Å²) in [6.45, 7) is 0. The largest absolute Gasteiger partial charge is 0.0726 e. The molecule has 0 N–H and O–H groups in total. The molecular weight excluding hydrogens is 228 g/mol. The first-order valence-electron chi connectivity index (χ1n) is 6.69. The summed E-state index contributed by atoms with van der Waals surface area (Å²) in [5.74, 6) is 0.392. The first-order valence-corrected chi connectivity index (χ1v) is 6.69. The van der Waals surface area contributed by atoms with Crippen LogP contribution in [0.1, 0.15) is 17.0 Å². The van der Waals surface area contributed by atoms with Gasteiger partial charge in [0.1, 0.15) is 0 Å². The van der Waals surface area contributed by atoms with Crippen LogP contribution in [0.4, 0.5) is 0 Å². The molecule has 3 aliphatic rings. The molecule has 0 nitrogen and oxygen atoms in total. The first-order chi connectivity index (χ1) is 9.45. The molecule has 1 aromatic carbocycles. The number of hydrogen-bond donors (Lipinski definition) is 0. The second kappa shape index (κ2) is 4.10. The summed E-state index contributed by atoms with van der Waals surface area (Å²) in [7, 11) is 0. The number of rotatable bonds is 0. The van der Waals surface area contributed by atoms with Crippen LogP contribution in [0.5, 0.6) is 0 Å². The lowest BCUT2D eigenvalue weighted by atomic mass is 9.90. The zero-order valence-corrected chi connectivity index (χ0v) is 10.6. The molecule has 1 atom stereocenters. The number of benzene rings is 1. The van der Waals surface area contributed by atoms with E-state index in [4.69, 9.17) is 0 Å². The number of hydrogen-bond acceptors (Lipinski definition) is 0. The Hall–Kier alpha value is -2.34. The maximum Gasteiger partial charge on any atom is 0.0290 e. The first kappa shape index (κ1) is 10.6. The minimum Gasteiger partial charge on any atom is -0.0726 e. The SMILES string of the molecule is C1=CC=C2C=CC=CC3C2=C(C=C1)c1ccccc13. The van der Waals surface area contributed by atoms with Crippen molar-refractivity contribution >= 4 is 5.57 Å². The van der Waals surface area contributed by atoms with Crippen LogP contribution in [0.3, 0.4) is 0 Å². The Labute approximate surface area is 113 Å². The summed E-state index contributed by atoms with van der Waals surface area (Å²) in [5, 5.41) is 0. The van der Waals surface area contributed by atoms with Crippen LogP contribution in [0.2, 0.25) is 0 Å². The fraction of sp³-hybridized carbons (Fsp3) is 0.0526. The molecule has 0 amide bonds. The topological polar surface area (TPSA) is 0 Å². The van der Waals surface area contributed by atoms with Crippen LogP contribution < -0.4 is 0 Å². The van der Waals surface area contributed by atoms with Gasteiger partial charge in [-0.15, -0.1) is 0 Å². The molecule has 1 aromatic rings. The van der Waals surface area contributed by atoms with Gasteiger partial charge >= 0.3 is 0 Å². The predicted octanol–water partition coefficient (Wildman–Crippen LogP) is 4.72. The van der Waals surface area contributed by atoms with Gasteiger partial charge in [0, 0.05) is 5.92 Å². The number of fused-ring (bicyclic) bond motifs is 3. The van der Waals surface area contributed by atoms with Crippen molar-refractivity contribution in [3.63, 3.8) is 0 Å². The van der Waals surface area contributed by atoms with E-state index in [-0.39, 0.29) is 0 Å². The van der Waals surface area contributed by atoms with E-state index in [1.54, 1.807) is 0 Å². The van der Waals surface area contributed by atoms with Gasteiger partial charge in [-0.1, -0.05) is 78.9 Å². The summed E-state index contributed by atoms with van der Waals surface area (Å²) in [6.07, 6.45) is 19.6. The smallest absolute Gasteiger partial charge is 0.0290 e. The number of allylic oxidation sites excluding steroid dienone is 12. The van der Waals surface area contributed by atoms with Crippen LogP contribution in [0.25, 0.3) is 5.57 Å². The van der Waals surface area contributed by atoms with Gasteiger partial charge in [-0.3, -0.25) is 0 Å². The van der Waals surface area contributed by atoms with Crippen molar-refractivity contribution in [2.24, 2.45) is 0 Å². The summed E-state index contributed by atoms with van der Waals surface area (Å²) >= 11 is 0. The van der Waals surface area contributed by atoms with Gasteiger partial charge in [0.05, 0.1) is 0 Å². The molecule has 0 saturated heterocycles. The molecule has 19 heavy (non-hydrogen) atoms. The van der Waals surface area contributed by atoms with Crippen molar-refractivity contribution in [3.8, 4) is 0 Å². The highest BCUT2D eigenvalue weighted by Crippen LogP contribution is 2.47. The summed E-state index contributed by atoms with van der Waals surface area (Å²) in [4.78, 5) is 0. The lowest BCUT2D eigenvalue weighted by Gasteiger charge is -2.13. The van der Waals surface area contributed by atoms with Crippen molar-refractivity contribution in [3.05, 3.63) is 101 Å². The van der Waals surface area contributed by atoms with Crippen molar-refractivity contribution in [1.29, 1.82) is 0 Å². The van der Waals surface area contributed by atoms with Gasteiger partial charge in [0.15, 0.2) is 0 Å². The minimum absolute atomic E-state index is 0.392. The van der Waals surface area contributed by atoms with Gasteiger partial charge in [-0.2, -0.15) is 0 Å². The Bertz CT molecular complexity index is 718. The molecule has 4 rings (SSSR count). The monoisotopic (exact) mass is 242 g/mol. The van der Waals surface area contributed by atoms with E-state index in [9.17, 15) is 0 Å². The maximum absolute atomic E-state index is 2.30. The Balaban J connectivity index is 2.05. The average molecular weight is 242 g/mol. The molecule has 0 heteroatoms. The van der Waals surface area contributed by atoms with E-state index in [0.717, 1.165) is 0 Å². The third-order valence-corrected chi connectivity index (χ3v) is 3.95. The summed E-state index contributed by atoms with van der Waals surface area (Å²) in [5.41, 5.74) is 6.92. The molecule has 0 bridgehead atoms. The van der Waals surface area contributed by atoms with Gasteiger partial charge < -0.3 is 0 Å². The predicted molar refractivity (Wildman–Crippen MR) is 80.7 cm³/mol. The molecular formula is C19H14. The molecule has 0 fully saturated rings. The van der Waals surface area contributed by atoms with Crippen LogP contribution in [0, 0.1) is 0 Å². The Kier molecular flexibility index (Phi) is 2.28. The lowest BCUT2D eigenvalue weighted by Crippen LogP contribution is -1.96. The second-order valence-electron chi connectivity index (χ2n) is 5.00. The minimum atomic E-state index is 0.392. The van der Waals surface area contributed by atoms with Crippen molar-refractivity contribution < 1.29 is 0 Å². The summed E-state index contributed by atoms with van der Waals surface area (Å²) in [6, 6.07) is 8.75. The van der Waals surface area contributed by atoms with E-state index in [1.807, 2.05) is 0 Å². The molecule has 0 aromatic heterocycles. The van der Waals surface area contributed by atoms with Crippen LogP contribution >= 0.6 is 0 Å². The van der Waals surface area contributed by atoms with E-state index >= 15 is 0 Å². The zero-order chi connectivity index (χ0) is 12.7. The molecule has 0 spiro atoms. The molecule has 3 aliphatic carbocycles. The molecule has 0 heterocycles. The highest BCUT2D eigenvalue weighted by atomic mass is 14.3. The molecule has 90 valence electrons. The van der Waals surface area contributed by atoms with Gasteiger partial charge in [0.25, 0.3) is 0 Å². The van der Waals surface area contributed by atoms with E-state index in [0.29, 0.717) is 5.92 Å². The van der Waals surface area contributed by atoms with Crippen LogP contribution in [-0.2, 0) is 0 Å². The van der Waals surface area contributed by atoms with Crippen LogP contribution in [-0.4, -0.2) is 0 Å². The fourth-order valence-electron chi connectivity index (χ4n) is 3.14. The maximum atomic E-state index is 2.30. The lowest BCUT2D eigenvalue weighted by molar-refractivity contribution is 1.05. The van der Waals surface area contributed by atoms with E-state index < -0.39 is 0 Å². The normalized spacial score (nSPS) is 22.5. The second-order valence-corrected chi connectivity index (χ2v) is 5.00. The fourth-order valence-corrected chi connectivity index (χ4v) is 3.14. The molecule has 0 radical (unpaired) electrons. The van der Waals surface area contributed by atoms with Gasteiger partial charge in [-0.05, 0) is 27.8 Å².